The van der Waals surface area contributed by atoms with Crippen LogP contribution in [0, 0.1) is 6.92 Å². The standard InChI is InChI=1S/C13H16N2O2/c1-9-13-10(5-4-6-11(13)16)15(14-9)12-7-2-3-8-17-12/h4-6,12,16H,2-3,7-8H2,1H3. The van der Waals surface area contributed by atoms with Gasteiger partial charge in [0.15, 0.2) is 6.23 Å². The van der Waals surface area contributed by atoms with Gasteiger partial charge in [-0.25, -0.2) is 4.68 Å². The van der Waals surface area contributed by atoms with Crippen molar-refractivity contribution >= 4 is 10.9 Å². The van der Waals surface area contributed by atoms with Gasteiger partial charge in [-0.15, -0.1) is 0 Å². The number of nitrogens with zero attached hydrogens (tertiary/aromatic N) is 2. The van der Waals surface area contributed by atoms with Gasteiger partial charge < -0.3 is 9.84 Å². The maximum absolute atomic E-state index is 9.87. The smallest absolute Gasteiger partial charge is 0.150 e. The van der Waals surface area contributed by atoms with Crippen LogP contribution in [0.1, 0.15) is 31.2 Å². The van der Waals surface area contributed by atoms with Crippen LogP contribution in [0.15, 0.2) is 18.2 Å². The molecule has 4 nitrogen and oxygen atoms in total. The lowest BCUT2D eigenvalue weighted by Crippen LogP contribution is -2.19. The van der Waals surface area contributed by atoms with E-state index in [1.54, 1.807) is 6.07 Å². The van der Waals surface area contributed by atoms with Crippen molar-refractivity contribution in [3.05, 3.63) is 23.9 Å². The normalized spacial score (nSPS) is 20.9. The molecule has 1 saturated heterocycles. The predicted molar refractivity (Wildman–Crippen MR) is 65.0 cm³/mol. The summed E-state index contributed by atoms with van der Waals surface area (Å²) in [5.74, 6) is 0.294. The molecule has 1 aliphatic heterocycles. The summed E-state index contributed by atoms with van der Waals surface area (Å²) >= 11 is 0. The van der Waals surface area contributed by atoms with Crippen LogP contribution in [0.5, 0.6) is 5.75 Å². The van der Waals surface area contributed by atoms with Crippen LogP contribution in [0.2, 0.25) is 0 Å². The van der Waals surface area contributed by atoms with Gasteiger partial charge in [0.25, 0.3) is 0 Å². The van der Waals surface area contributed by atoms with Crippen LogP contribution in [-0.4, -0.2) is 21.5 Å². The lowest BCUT2D eigenvalue weighted by Gasteiger charge is -2.23. The summed E-state index contributed by atoms with van der Waals surface area (Å²) in [4.78, 5) is 0. The summed E-state index contributed by atoms with van der Waals surface area (Å²) in [5.41, 5.74) is 1.81. The summed E-state index contributed by atoms with van der Waals surface area (Å²) in [7, 11) is 0. The Balaban J connectivity index is 2.13. The Morgan fingerprint density at radius 1 is 1.41 bits per heavy atom. The molecule has 1 aromatic heterocycles. The molecule has 1 fully saturated rings. The van der Waals surface area contributed by atoms with Gasteiger partial charge in [0.2, 0.25) is 0 Å². The Morgan fingerprint density at radius 2 is 2.29 bits per heavy atom. The second-order valence-corrected chi connectivity index (χ2v) is 4.52. The highest BCUT2D eigenvalue weighted by Crippen LogP contribution is 2.31. The summed E-state index contributed by atoms with van der Waals surface area (Å²) in [6, 6.07) is 5.52. The van der Waals surface area contributed by atoms with Crippen molar-refractivity contribution in [3.63, 3.8) is 0 Å². The zero-order valence-corrected chi connectivity index (χ0v) is 9.89. The first-order valence-electron chi connectivity index (χ1n) is 6.06. The summed E-state index contributed by atoms with van der Waals surface area (Å²) in [6.07, 6.45) is 3.30. The van der Waals surface area contributed by atoms with Gasteiger partial charge in [-0.2, -0.15) is 5.10 Å². The van der Waals surface area contributed by atoms with Crippen molar-refractivity contribution in [1.29, 1.82) is 0 Å². The lowest BCUT2D eigenvalue weighted by atomic mass is 10.1. The van der Waals surface area contributed by atoms with Crippen molar-refractivity contribution in [2.24, 2.45) is 0 Å². The largest absolute Gasteiger partial charge is 0.507 e. The van der Waals surface area contributed by atoms with Gasteiger partial charge in [-0.1, -0.05) is 6.07 Å². The van der Waals surface area contributed by atoms with Gasteiger partial charge in [-0.3, -0.25) is 0 Å². The predicted octanol–water partition coefficient (Wildman–Crippen LogP) is 2.75. The minimum Gasteiger partial charge on any atom is -0.507 e. The number of ether oxygens (including phenoxy) is 1. The van der Waals surface area contributed by atoms with Crippen molar-refractivity contribution in [1.82, 2.24) is 9.78 Å². The van der Waals surface area contributed by atoms with Crippen LogP contribution in [0.4, 0.5) is 0 Å². The minimum absolute atomic E-state index is 0.0155. The Kier molecular flexibility index (Phi) is 2.52. The van der Waals surface area contributed by atoms with Crippen molar-refractivity contribution in [2.75, 3.05) is 6.61 Å². The number of phenols is 1. The number of benzene rings is 1. The van der Waals surface area contributed by atoms with E-state index in [4.69, 9.17) is 4.74 Å². The van der Waals surface area contributed by atoms with Crippen molar-refractivity contribution in [2.45, 2.75) is 32.4 Å². The van der Waals surface area contributed by atoms with E-state index >= 15 is 0 Å². The van der Waals surface area contributed by atoms with Crippen LogP contribution < -0.4 is 0 Å². The zero-order valence-electron chi connectivity index (χ0n) is 9.89. The highest BCUT2D eigenvalue weighted by molar-refractivity contribution is 5.87. The van der Waals surface area contributed by atoms with Crippen molar-refractivity contribution < 1.29 is 9.84 Å². The van der Waals surface area contributed by atoms with Gasteiger partial charge >= 0.3 is 0 Å². The molecule has 1 N–H and O–H groups in total. The number of fused-ring (bicyclic) bond motifs is 1. The van der Waals surface area contributed by atoms with E-state index < -0.39 is 0 Å². The summed E-state index contributed by atoms with van der Waals surface area (Å²) in [6.45, 7) is 2.71. The van der Waals surface area contributed by atoms with Gasteiger partial charge in [0.05, 0.1) is 16.6 Å². The first-order valence-corrected chi connectivity index (χ1v) is 6.06. The molecule has 1 unspecified atom stereocenters. The average molecular weight is 232 g/mol. The zero-order chi connectivity index (χ0) is 11.8. The topological polar surface area (TPSA) is 47.3 Å². The second kappa shape index (κ2) is 4.04. The number of phenolic OH excluding ortho intramolecular Hbond substituents is 1. The molecule has 17 heavy (non-hydrogen) atoms. The molecule has 0 bridgehead atoms. The van der Waals surface area contributed by atoms with Crippen LogP contribution in [0.25, 0.3) is 10.9 Å². The Hall–Kier alpha value is -1.55. The molecule has 1 atom stereocenters. The molecule has 90 valence electrons. The average Bonchev–Trinajstić information content (AvgIpc) is 2.69. The molecule has 0 radical (unpaired) electrons. The van der Waals surface area contributed by atoms with Gasteiger partial charge in [0, 0.05) is 6.61 Å². The molecule has 4 heteroatoms. The third-order valence-corrected chi connectivity index (χ3v) is 3.32. The molecule has 3 rings (SSSR count). The fourth-order valence-corrected chi connectivity index (χ4v) is 2.49. The number of aryl methyl sites for hydroxylation is 1. The molecule has 0 spiro atoms. The number of hydrogen-bond donors (Lipinski definition) is 1. The Bertz CT molecular complexity index is 542. The van der Waals surface area contributed by atoms with Gasteiger partial charge in [0.1, 0.15) is 5.75 Å². The first-order chi connectivity index (χ1) is 8.27. The van der Waals surface area contributed by atoms with Crippen LogP contribution >= 0.6 is 0 Å². The van der Waals surface area contributed by atoms with Crippen LogP contribution in [-0.2, 0) is 4.74 Å². The van der Waals surface area contributed by atoms with E-state index in [1.807, 2.05) is 23.7 Å². The van der Waals surface area contributed by atoms with E-state index in [-0.39, 0.29) is 6.23 Å². The molecule has 0 aliphatic carbocycles. The molecule has 0 amide bonds. The first kappa shape index (κ1) is 10.6. The third kappa shape index (κ3) is 1.69. The molecule has 0 saturated carbocycles. The monoisotopic (exact) mass is 232 g/mol. The summed E-state index contributed by atoms with van der Waals surface area (Å²) < 4.78 is 7.65. The van der Waals surface area contributed by atoms with E-state index in [9.17, 15) is 5.11 Å². The Morgan fingerprint density at radius 3 is 3.06 bits per heavy atom. The molecule has 1 aliphatic rings. The third-order valence-electron chi connectivity index (χ3n) is 3.32. The van der Waals surface area contributed by atoms with Crippen molar-refractivity contribution in [3.8, 4) is 5.75 Å². The fourth-order valence-electron chi connectivity index (χ4n) is 2.49. The molecular weight excluding hydrogens is 216 g/mol. The molecule has 2 aromatic rings. The summed E-state index contributed by atoms with van der Waals surface area (Å²) in [5, 5.41) is 15.2. The molecule has 2 heterocycles. The second-order valence-electron chi connectivity index (χ2n) is 4.52. The van der Waals surface area contributed by atoms with Gasteiger partial charge in [-0.05, 0) is 38.3 Å². The molecule has 1 aromatic carbocycles. The molecular formula is C13H16N2O2. The minimum atomic E-state index is 0.0155. The maximum Gasteiger partial charge on any atom is 0.150 e. The number of aromatic hydroxyl groups is 1. The highest BCUT2D eigenvalue weighted by atomic mass is 16.5. The van der Waals surface area contributed by atoms with Crippen LogP contribution in [0.3, 0.4) is 0 Å². The maximum atomic E-state index is 9.87. The SMILES string of the molecule is Cc1nn(C2CCCCO2)c2cccc(O)c12. The number of aromatic nitrogens is 2. The van der Waals surface area contributed by atoms with E-state index in [2.05, 4.69) is 5.10 Å². The lowest BCUT2D eigenvalue weighted by molar-refractivity contribution is -0.0368. The van der Waals surface area contributed by atoms with E-state index in [0.29, 0.717) is 5.75 Å². The number of rotatable bonds is 1. The fraction of sp³-hybridized carbons (Fsp3) is 0.462. The van der Waals surface area contributed by atoms with E-state index in [0.717, 1.165) is 36.0 Å². The van der Waals surface area contributed by atoms with E-state index in [1.165, 1.54) is 6.42 Å². The quantitative estimate of drug-likeness (QED) is 0.822. The highest BCUT2D eigenvalue weighted by Gasteiger charge is 2.20. The number of hydrogen-bond acceptors (Lipinski definition) is 3. The Labute approximate surface area is 99.8 Å².